The Morgan fingerprint density at radius 3 is 3.05 bits per heavy atom. The van der Waals surface area contributed by atoms with E-state index in [0.29, 0.717) is 40.4 Å². The molecule has 0 spiro atoms. The fourth-order valence-corrected chi connectivity index (χ4v) is 2.66. The van der Waals surface area contributed by atoms with Crippen molar-refractivity contribution < 1.29 is 9.53 Å². The number of rotatable bonds is 4. The van der Waals surface area contributed by atoms with Crippen molar-refractivity contribution in [3.63, 3.8) is 0 Å². The minimum Gasteiger partial charge on any atom is -0.495 e. The van der Waals surface area contributed by atoms with Crippen molar-refractivity contribution in [3.05, 3.63) is 32.1 Å². The number of halogens is 2. The van der Waals surface area contributed by atoms with Crippen LogP contribution in [0.4, 0.5) is 5.69 Å². The first-order valence-electron chi connectivity index (χ1n) is 5.91. The number of ether oxygens (including phenoxy) is 1. The first kappa shape index (κ1) is 15.0. The monoisotopic (exact) mass is 358 g/mol. The summed E-state index contributed by atoms with van der Waals surface area (Å²) in [6.07, 6.45) is 0.357. The van der Waals surface area contributed by atoms with Crippen LogP contribution in [0.1, 0.15) is 6.42 Å². The van der Waals surface area contributed by atoms with Crippen molar-refractivity contribution in [1.29, 1.82) is 0 Å². The van der Waals surface area contributed by atoms with Crippen LogP contribution in [0.3, 0.4) is 0 Å². The molecule has 1 aliphatic rings. The van der Waals surface area contributed by atoms with Gasteiger partial charge in [-0.3, -0.25) is 4.79 Å². The molecule has 0 bridgehead atoms. The summed E-state index contributed by atoms with van der Waals surface area (Å²) < 4.78 is 6.00. The average Bonchev–Trinajstić information content (AvgIpc) is 2.80. The van der Waals surface area contributed by atoms with Gasteiger partial charge >= 0.3 is 0 Å². The Labute approximate surface area is 129 Å². The molecule has 0 aliphatic carbocycles. The van der Waals surface area contributed by atoms with Crippen molar-refractivity contribution in [2.45, 2.75) is 6.42 Å². The Morgan fingerprint density at radius 2 is 2.40 bits per heavy atom. The SMILES string of the molecule is COc1cc(Br)c(Cl)cc1N1CC(CN=[N+]=[N-])CC1=O. The van der Waals surface area contributed by atoms with E-state index in [0.717, 1.165) is 0 Å². The molecular formula is C12H12BrClN4O2. The number of azide groups is 1. The molecule has 6 nitrogen and oxygen atoms in total. The van der Waals surface area contributed by atoms with E-state index in [1.54, 1.807) is 17.0 Å². The molecule has 1 aliphatic heterocycles. The summed E-state index contributed by atoms with van der Waals surface area (Å²) in [7, 11) is 1.54. The van der Waals surface area contributed by atoms with Crippen LogP contribution in [-0.4, -0.2) is 26.1 Å². The maximum atomic E-state index is 12.1. The Morgan fingerprint density at radius 1 is 1.65 bits per heavy atom. The lowest BCUT2D eigenvalue weighted by atomic mass is 10.1. The standard InChI is InChI=1S/C12H12BrClN4O2/c1-20-11-3-8(13)9(14)4-10(11)18-6-7(2-12(18)19)5-16-17-15/h3-4,7H,2,5-6H2,1H3. The van der Waals surface area contributed by atoms with Crippen LogP contribution in [-0.2, 0) is 4.79 Å². The molecule has 0 saturated carbocycles. The summed E-state index contributed by atoms with van der Waals surface area (Å²) in [5, 5.41) is 4.03. The van der Waals surface area contributed by atoms with Crippen LogP contribution < -0.4 is 9.64 Å². The molecule has 1 fully saturated rings. The van der Waals surface area contributed by atoms with E-state index in [1.165, 1.54) is 7.11 Å². The lowest BCUT2D eigenvalue weighted by Gasteiger charge is -2.20. The summed E-state index contributed by atoms with van der Waals surface area (Å²) in [5.74, 6) is 0.560. The predicted molar refractivity (Wildman–Crippen MR) is 80.2 cm³/mol. The van der Waals surface area contributed by atoms with Crippen LogP contribution in [0.25, 0.3) is 10.4 Å². The zero-order chi connectivity index (χ0) is 14.7. The predicted octanol–water partition coefficient (Wildman–Crippen LogP) is 3.77. The van der Waals surface area contributed by atoms with Gasteiger partial charge < -0.3 is 9.64 Å². The van der Waals surface area contributed by atoms with Gasteiger partial charge in [0.1, 0.15) is 5.75 Å². The molecule has 1 saturated heterocycles. The van der Waals surface area contributed by atoms with E-state index < -0.39 is 0 Å². The Kier molecular flexibility index (Phi) is 4.75. The Bertz CT molecular complexity index is 589. The van der Waals surface area contributed by atoms with E-state index >= 15 is 0 Å². The number of carbonyl (C=O) groups excluding carboxylic acids is 1. The lowest BCUT2D eigenvalue weighted by molar-refractivity contribution is -0.117. The molecule has 20 heavy (non-hydrogen) atoms. The van der Waals surface area contributed by atoms with Crippen LogP contribution >= 0.6 is 27.5 Å². The number of hydrogen-bond acceptors (Lipinski definition) is 3. The first-order valence-corrected chi connectivity index (χ1v) is 7.08. The number of hydrogen-bond donors (Lipinski definition) is 0. The van der Waals surface area contributed by atoms with Gasteiger partial charge in [0, 0.05) is 28.9 Å². The van der Waals surface area contributed by atoms with Crippen LogP contribution in [0.2, 0.25) is 5.02 Å². The summed E-state index contributed by atoms with van der Waals surface area (Å²) in [6, 6.07) is 3.42. The second-order valence-electron chi connectivity index (χ2n) is 4.43. The van der Waals surface area contributed by atoms with Crippen molar-refractivity contribution in [2.75, 3.05) is 25.1 Å². The van der Waals surface area contributed by atoms with Crippen molar-refractivity contribution in [1.82, 2.24) is 0 Å². The maximum absolute atomic E-state index is 12.1. The third kappa shape index (κ3) is 3.00. The normalized spacial score (nSPS) is 18.1. The zero-order valence-electron chi connectivity index (χ0n) is 10.7. The molecule has 8 heteroatoms. The van der Waals surface area contributed by atoms with Crippen LogP contribution in [0.5, 0.6) is 5.75 Å². The van der Waals surface area contributed by atoms with Gasteiger partial charge in [0.05, 0.1) is 17.8 Å². The fraction of sp³-hybridized carbons (Fsp3) is 0.417. The smallest absolute Gasteiger partial charge is 0.227 e. The second kappa shape index (κ2) is 6.35. The molecule has 106 valence electrons. The second-order valence-corrected chi connectivity index (χ2v) is 5.69. The average molecular weight is 360 g/mol. The summed E-state index contributed by atoms with van der Waals surface area (Å²) in [6.45, 7) is 0.803. The largest absolute Gasteiger partial charge is 0.495 e. The maximum Gasteiger partial charge on any atom is 0.227 e. The highest BCUT2D eigenvalue weighted by Gasteiger charge is 2.32. The lowest BCUT2D eigenvalue weighted by Crippen LogP contribution is -2.25. The molecule has 1 aromatic rings. The van der Waals surface area contributed by atoms with E-state index in [1.807, 2.05) is 0 Å². The van der Waals surface area contributed by atoms with Gasteiger partial charge in [-0.15, -0.1) is 0 Å². The highest BCUT2D eigenvalue weighted by atomic mass is 79.9. The summed E-state index contributed by atoms with van der Waals surface area (Å²) >= 11 is 9.40. The molecular weight excluding hydrogens is 348 g/mol. The van der Waals surface area contributed by atoms with Gasteiger partial charge in [-0.25, -0.2) is 0 Å². The van der Waals surface area contributed by atoms with E-state index in [-0.39, 0.29) is 11.8 Å². The van der Waals surface area contributed by atoms with E-state index in [2.05, 4.69) is 26.0 Å². The number of amides is 1. The summed E-state index contributed by atoms with van der Waals surface area (Å²) in [5.41, 5.74) is 8.98. The van der Waals surface area contributed by atoms with Crippen LogP contribution in [0, 0.1) is 5.92 Å². The molecule has 0 radical (unpaired) electrons. The Hall–Kier alpha value is -1.43. The molecule has 2 rings (SSSR count). The molecule has 1 amide bonds. The van der Waals surface area contributed by atoms with Gasteiger partial charge in [-0.05, 0) is 39.5 Å². The van der Waals surface area contributed by atoms with Gasteiger partial charge in [0.25, 0.3) is 0 Å². The van der Waals surface area contributed by atoms with Crippen molar-refractivity contribution >= 4 is 39.1 Å². The number of carbonyl (C=O) groups is 1. The Balaban J connectivity index is 2.29. The van der Waals surface area contributed by atoms with E-state index in [9.17, 15) is 4.79 Å². The van der Waals surface area contributed by atoms with Gasteiger partial charge in [-0.1, -0.05) is 16.7 Å². The third-order valence-electron chi connectivity index (χ3n) is 3.12. The zero-order valence-corrected chi connectivity index (χ0v) is 13.1. The molecule has 1 atom stereocenters. The van der Waals surface area contributed by atoms with Crippen molar-refractivity contribution in [2.24, 2.45) is 11.0 Å². The molecule has 1 unspecified atom stereocenters. The fourth-order valence-electron chi connectivity index (χ4n) is 2.18. The summed E-state index contributed by atoms with van der Waals surface area (Å²) in [4.78, 5) is 16.4. The van der Waals surface area contributed by atoms with Gasteiger partial charge in [-0.2, -0.15) is 0 Å². The highest BCUT2D eigenvalue weighted by molar-refractivity contribution is 9.10. The topological polar surface area (TPSA) is 78.3 Å². The highest BCUT2D eigenvalue weighted by Crippen LogP contribution is 2.39. The minimum absolute atomic E-state index is 0.0190. The third-order valence-corrected chi connectivity index (χ3v) is 4.32. The van der Waals surface area contributed by atoms with E-state index in [4.69, 9.17) is 21.9 Å². The molecule has 1 heterocycles. The molecule has 1 aromatic carbocycles. The van der Waals surface area contributed by atoms with Crippen molar-refractivity contribution in [3.8, 4) is 5.75 Å². The number of nitrogens with zero attached hydrogens (tertiary/aromatic N) is 4. The first-order chi connectivity index (χ1) is 9.56. The number of anilines is 1. The van der Waals surface area contributed by atoms with Crippen LogP contribution in [0.15, 0.2) is 21.7 Å². The minimum atomic E-state index is -0.0279. The molecule has 0 aromatic heterocycles. The van der Waals surface area contributed by atoms with Gasteiger partial charge in [0.15, 0.2) is 0 Å². The quantitative estimate of drug-likeness (QED) is 0.466. The molecule has 0 N–H and O–H groups in total. The number of methoxy groups -OCH3 is 1. The van der Waals surface area contributed by atoms with Gasteiger partial charge in [0.2, 0.25) is 5.91 Å². The number of benzene rings is 1.